The molecule has 0 bridgehead atoms. The third-order valence-corrected chi connectivity index (χ3v) is 5.10. The summed E-state index contributed by atoms with van der Waals surface area (Å²) < 4.78 is 35.0. The molecular weight excluding hydrogens is 379 g/mol. The summed E-state index contributed by atoms with van der Waals surface area (Å²) in [4.78, 5) is 11.6. The van der Waals surface area contributed by atoms with Gasteiger partial charge in [-0.15, -0.1) is 0 Å². The second kappa shape index (κ2) is 9.25. The van der Waals surface area contributed by atoms with Gasteiger partial charge in [-0.3, -0.25) is 4.79 Å². The van der Waals surface area contributed by atoms with Crippen LogP contribution in [-0.2, 0) is 14.3 Å². The van der Waals surface area contributed by atoms with Crippen molar-refractivity contribution in [2.45, 2.75) is 44.0 Å². The van der Waals surface area contributed by atoms with Crippen molar-refractivity contribution in [1.82, 2.24) is 0 Å². The number of hydrogen-bond acceptors (Lipinski definition) is 6. The Labute approximate surface area is 169 Å². The van der Waals surface area contributed by atoms with Crippen molar-refractivity contribution in [2.75, 3.05) is 20.6 Å². The molecule has 0 heterocycles. The monoisotopic (exact) mass is 404 g/mol. The number of nitrogens with two attached hydrogens (primary N) is 1. The summed E-state index contributed by atoms with van der Waals surface area (Å²) in [7, 11) is 1.46. The number of methoxy groups -OCH3 is 1. The van der Waals surface area contributed by atoms with E-state index in [-0.39, 0.29) is 6.42 Å². The topological polar surface area (TPSA) is 104 Å². The van der Waals surface area contributed by atoms with Gasteiger partial charge in [0.2, 0.25) is 12.8 Å². The lowest BCUT2D eigenvalue weighted by molar-refractivity contribution is -0.188. The number of hydrogen-bond donors (Lipinski definition) is 1. The van der Waals surface area contributed by atoms with Crippen LogP contribution in [-0.4, -0.2) is 32.1 Å². The molecule has 0 aliphatic heterocycles. The molecule has 2 unspecified atom stereocenters. The molecule has 156 valence electrons. The molecule has 2 N–H and O–H groups in total. The number of halogens is 1. The van der Waals surface area contributed by atoms with E-state index >= 15 is 0 Å². The average Bonchev–Trinajstić information content (AvgIpc) is 3.56. The molecule has 29 heavy (non-hydrogen) atoms. The van der Waals surface area contributed by atoms with E-state index in [1.807, 2.05) is 0 Å². The summed E-state index contributed by atoms with van der Waals surface area (Å²) in [6.07, 6.45) is 4.08. The molecular formula is C21H25FN2O5. The minimum Gasteiger partial charge on any atom is -0.489 e. The Hall–Kier alpha value is -2.63. The van der Waals surface area contributed by atoms with Gasteiger partial charge in [0, 0.05) is 24.7 Å². The van der Waals surface area contributed by atoms with E-state index in [1.54, 1.807) is 24.3 Å². The van der Waals surface area contributed by atoms with Crippen molar-refractivity contribution >= 4 is 5.91 Å². The Morgan fingerprint density at radius 2 is 2.17 bits per heavy atom. The van der Waals surface area contributed by atoms with Crippen LogP contribution in [0.5, 0.6) is 11.5 Å². The maximum atomic E-state index is 12.7. The minimum absolute atomic E-state index is 0.0901. The fraction of sp³-hybridized carbons (Fsp3) is 0.524. The summed E-state index contributed by atoms with van der Waals surface area (Å²) in [6.45, 7) is -0.442. The van der Waals surface area contributed by atoms with Gasteiger partial charge in [-0.1, -0.05) is 6.08 Å². The zero-order valence-corrected chi connectivity index (χ0v) is 16.4. The second-order valence-corrected chi connectivity index (χ2v) is 7.31. The number of carbonyl (C=O) groups is 1. The number of nitriles is 1. The Morgan fingerprint density at radius 3 is 2.79 bits per heavy atom. The third-order valence-electron chi connectivity index (χ3n) is 5.10. The summed E-state index contributed by atoms with van der Waals surface area (Å²) in [5.41, 5.74) is 5.11. The lowest BCUT2D eigenvalue weighted by Crippen LogP contribution is -2.37. The van der Waals surface area contributed by atoms with Crippen LogP contribution in [0.4, 0.5) is 4.39 Å². The smallest absolute Gasteiger partial charge is 0.244 e. The number of ether oxygens (including phenoxy) is 4. The molecule has 1 aromatic rings. The molecule has 8 heteroatoms. The Kier molecular flexibility index (Phi) is 6.72. The van der Waals surface area contributed by atoms with E-state index < -0.39 is 24.7 Å². The highest BCUT2D eigenvalue weighted by Gasteiger charge is 2.39. The van der Waals surface area contributed by atoms with E-state index in [4.69, 9.17) is 24.7 Å². The highest BCUT2D eigenvalue weighted by Crippen LogP contribution is 2.39. The first-order valence-electron chi connectivity index (χ1n) is 9.56. The normalized spacial score (nSPS) is 22.3. The van der Waals surface area contributed by atoms with Gasteiger partial charge in [-0.2, -0.15) is 5.26 Å². The lowest BCUT2D eigenvalue weighted by atomic mass is 9.85. The first kappa shape index (κ1) is 21.1. The maximum Gasteiger partial charge on any atom is 0.244 e. The predicted molar refractivity (Wildman–Crippen MR) is 102 cm³/mol. The predicted octanol–water partition coefficient (Wildman–Crippen LogP) is 3.30. The fourth-order valence-corrected chi connectivity index (χ4v) is 3.27. The minimum atomic E-state index is -1.23. The van der Waals surface area contributed by atoms with E-state index in [1.165, 1.54) is 7.11 Å². The van der Waals surface area contributed by atoms with Gasteiger partial charge in [-0.05, 0) is 49.8 Å². The molecule has 2 atom stereocenters. The number of nitrogens with zero attached hydrogens (tertiary/aromatic N) is 1. The van der Waals surface area contributed by atoms with Crippen LogP contribution >= 0.6 is 0 Å². The summed E-state index contributed by atoms with van der Waals surface area (Å²) in [6, 6.07) is 7.10. The van der Waals surface area contributed by atoms with E-state index in [0.29, 0.717) is 48.0 Å². The molecule has 2 aliphatic rings. The van der Waals surface area contributed by atoms with Gasteiger partial charge >= 0.3 is 0 Å². The molecule has 0 radical (unpaired) electrons. The second-order valence-electron chi connectivity index (χ2n) is 7.31. The van der Waals surface area contributed by atoms with Crippen molar-refractivity contribution < 1.29 is 28.1 Å². The number of rotatable bonds is 10. The molecule has 3 rings (SSSR count). The Morgan fingerprint density at radius 1 is 1.38 bits per heavy atom. The Bertz CT molecular complexity index is 818. The van der Waals surface area contributed by atoms with Crippen molar-refractivity contribution in [2.24, 2.45) is 11.7 Å². The fourth-order valence-electron chi connectivity index (χ4n) is 3.27. The van der Waals surface area contributed by atoms with Gasteiger partial charge < -0.3 is 24.7 Å². The standard InChI is InChI=1S/C21H25FN2O5/c1-26-20(29-21(12-23)8-2-3-16(10-21)19(24)25)15-6-7-17(28-13-22)18(9-15)27-11-14-4-5-14/h3,6-7,9,14,20H,2,4-5,8,10-11,13H2,1H3,(H2,24,25). The van der Waals surface area contributed by atoms with Gasteiger partial charge in [0.25, 0.3) is 0 Å². The van der Waals surface area contributed by atoms with Crippen LogP contribution < -0.4 is 15.2 Å². The number of benzene rings is 1. The van der Waals surface area contributed by atoms with Crippen molar-refractivity contribution in [3.63, 3.8) is 0 Å². The first-order valence-corrected chi connectivity index (χ1v) is 9.56. The molecule has 1 fully saturated rings. The Balaban J connectivity index is 1.81. The highest BCUT2D eigenvalue weighted by molar-refractivity contribution is 5.92. The van der Waals surface area contributed by atoms with Crippen molar-refractivity contribution in [3.8, 4) is 17.6 Å². The highest BCUT2D eigenvalue weighted by atomic mass is 19.1. The van der Waals surface area contributed by atoms with Gasteiger partial charge in [-0.25, -0.2) is 4.39 Å². The zero-order chi connectivity index (χ0) is 20.9. The molecule has 1 amide bonds. The summed E-state index contributed by atoms with van der Waals surface area (Å²) in [5.74, 6) is 0.628. The number of carbonyl (C=O) groups excluding carboxylic acids is 1. The lowest BCUT2D eigenvalue weighted by Gasteiger charge is -2.33. The van der Waals surface area contributed by atoms with Gasteiger partial charge in [0.1, 0.15) is 0 Å². The molecule has 7 nitrogen and oxygen atoms in total. The molecule has 2 aliphatic carbocycles. The number of amides is 1. The average molecular weight is 404 g/mol. The molecule has 1 saturated carbocycles. The van der Waals surface area contributed by atoms with Crippen molar-refractivity contribution in [3.05, 3.63) is 35.4 Å². The van der Waals surface area contributed by atoms with Crippen LogP contribution in [0.3, 0.4) is 0 Å². The number of primary amides is 1. The zero-order valence-electron chi connectivity index (χ0n) is 16.4. The summed E-state index contributed by atoms with van der Waals surface area (Å²) >= 11 is 0. The van der Waals surface area contributed by atoms with Crippen LogP contribution in [0.1, 0.15) is 44.0 Å². The van der Waals surface area contributed by atoms with Crippen LogP contribution in [0.2, 0.25) is 0 Å². The SMILES string of the molecule is COC(OC1(C#N)CCC=C(C(N)=O)C1)c1ccc(OCF)c(OCC2CC2)c1. The van der Waals surface area contributed by atoms with Crippen molar-refractivity contribution in [1.29, 1.82) is 5.26 Å². The molecule has 0 aromatic heterocycles. The number of allylic oxidation sites excluding steroid dienone is 1. The van der Waals surface area contributed by atoms with E-state index in [2.05, 4.69) is 6.07 Å². The molecule has 0 saturated heterocycles. The van der Waals surface area contributed by atoms with Crippen LogP contribution in [0.15, 0.2) is 29.8 Å². The number of alkyl halides is 1. The maximum absolute atomic E-state index is 12.7. The quantitative estimate of drug-likeness (QED) is 0.600. The third kappa shape index (κ3) is 5.25. The van der Waals surface area contributed by atoms with E-state index in [9.17, 15) is 14.4 Å². The molecule has 0 spiro atoms. The van der Waals surface area contributed by atoms with Gasteiger partial charge in [0.15, 0.2) is 23.4 Å². The summed E-state index contributed by atoms with van der Waals surface area (Å²) in [5, 5.41) is 9.76. The van der Waals surface area contributed by atoms with Crippen LogP contribution in [0.25, 0.3) is 0 Å². The first-order chi connectivity index (χ1) is 14.0. The largest absolute Gasteiger partial charge is 0.489 e. The van der Waals surface area contributed by atoms with E-state index in [0.717, 1.165) is 12.8 Å². The molecule has 1 aromatic carbocycles. The van der Waals surface area contributed by atoms with Crippen LogP contribution in [0, 0.1) is 17.2 Å². The van der Waals surface area contributed by atoms with Gasteiger partial charge in [0.05, 0.1) is 12.7 Å².